The number of thiophene rings is 1. The molecule has 4 rings (SSSR count). The first-order valence-electron chi connectivity index (χ1n) is 6.62. The van der Waals surface area contributed by atoms with Crippen LogP contribution >= 0.6 is 11.3 Å². The molecule has 0 saturated carbocycles. The standard InChI is InChI=1S/C14H14N4OS/c1-2-6-18(5-1)12(11-4-3-7-20-11)13-16-14(19-17-13)10-8-15-9-10/h1-7,10,12,15H,8-9H2. The zero-order valence-electron chi connectivity index (χ0n) is 10.8. The molecule has 0 radical (unpaired) electrons. The third kappa shape index (κ3) is 1.97. The predicted molar refractivity (Wildman–Crippen MR) is 75.9 cm³/mol. The van der Waals surface area contributed by atoms with Crippen LogP contribution in [0.25, 0.3) is 0 Å². The zero-order chi connectivity index (χ0) is 13.4. The second-order valence-corrected chi connectivity index (χ2v) is 5.87. The molecule has 1 aliphatic heterocycles. The molecule has 0 spiro atoms. The summed E-state index contributed by atoms with van der Waals surface area (Å²) in [5, 5.41) is 9.50. The van der Waals surface area contributed by atoms with Crippen molar-refractivity contribution in [1.29, 1.82) is 0 Å². The predicted octanol–water partition coefficient (Wildman–Crippen LogP) is 2.26. The van der Waals surface area contributed by atoms with Crippen molar-refractivity contribution in [2.75, 3.05) is 13.1 Å². The maximum Gasteiger partial charge on any atom is 0.232 e. The van der Waals surface area contributed by atoms with E-state index in [1.165, 1.54) is 4.88 Å². The fraction of sp³-hybridized carbons (Fsp3) is 0.286. The Bertz CT molecular complexity index is 636. The highest BCUT2D eigenvalue weighted by atomic mass is 32.1. The van der Waals surface area contributed by atoms with Crippen molar-refractivity contribution in [2.45, 2.75) is 12.0 Å². The Labute approximate surface area is 120 Å². The van der Waals surface area contributed by atoms with Gasteiger partial charge in [0.25, 0.3) is 0 Å². The maximum atomic E-state index is 5.44. The van der Waals surface area contributed by atoms with Gasteiger partial charge in [-0.25, -0.2) is 0 Å². The van der Waals surface area contributed by atoms with Gasteiger partial charge in [0.05, 0.1) is 5.92 Å². The molecule has 102 valence electrons. The van der Waals surface area contributed by atoms with E-state index in [0.29, 0.717) is 5.92 Å². The average Bonchev–Trinajstić information content (AvgIpc) is 3.10. The van der Waals surface area contributed by atoms with Crippen LogP contribution in [0, 0.1) is 0 Å². The largest absolute Gasteiger partial charge is 0.339 e. The SMILES string of the molecule is c1csc(C(c2noc(C3CNC3)n2)n2cccc2)c1. The summed E-state index contributed by atoms with van der Waals surface area (Å²) in [6.07, 6.45) is 4.07. The van der Waals surface area contributed by atoms with Crippen molar-refractivity contribution in [3.05, 3.63) is 58.6 Å². The van der Waals surface area contributed by atoms with Crippen molar-refractivity contribution < 1.29 is 4.52 Å². The van der Waals surface area contributed by atoms with E-state index in [1.54, 1.807) is 11.3 Å². The molecule has 1 saturated heterocycles. The number of aromatic nitrogens is 3. The van der Waals surface area contributed by atoms with Crippen LogP contribution in [0.4, 0.5) is 0 Å². The molecule has 5 nitrogen and oxygen atoms in total. The molecular weight excluding hydrogens is 272 g/mol. The first-order valence-corrected chi connectivity index (χ1v) is 7.50. The highest BCUT2D eigenvalue weighted by molar-refractivity contribution is 7.10. The van der Waals surface area contributed by atoms with Gasteiger partial charge in [-0.1, -0.05) is 11.2 Å². The van der Waals surface area contributed by atoms with Gasteiger partial charge in [-0.05, 0) is 23.6 Å². The molecule has 0 bridgehead atoms. The van der Waals surface area contributed by atoms with E-state index < -0.39 is 0 Å². The smallest absolute Gasteiger partial charge is 0.232 e. The van der Waals surface area contributed by atoms with Crippen LogP contribution in [-0.4, -0.2) is 27.8 Å². The van der Waals surface area contributed by atoms with Gasteiger partial charge < -0.3 is 14.4 Å². The molecule has 3 aromatic heterocycles. The van der Waals surface area contributed by atoms with Gasteiger partial charge in [0.2, 0.25) is 5.89 Å². The minimum absolute atomic E-state index is 0.00413. The molecule has 3 aromatic rings. The van der Waals surface area contributed by atoms with Gasteiger partial charge >= 0.3 is 0 Å². The van der Waals surface area contributed by atoms with Crippen molar-refractivity contribution >= 4 is 11.3 Å². The normalized spacial score (nSPS) is 17.0. The Kier molecular flexibility index (Phi) is 2.90. The van der Waals surface area contributed by atoms with Crippen LogP contribution in [-0.2, 0) is 0 Å². The molecule has 1 N–H and O–H groups in total. The summed E-state index contributed by atoms with van der Waals surface area (Å²) in [5.74, 6) is 1.84. The summed E-state index contributed by atoms with van der Waals surface area (Å²) in [6.45, 7) is 1.85. The maximum absolute atomic E-state index is 5.44. The first-order chi connectivity index (χ1) is 9.92. The fourth-order valence-electron chi connectivity index (χ4n) is 2.36. The Morgan fingerprint density at radius 2 is 2.15 bits per heavy atom. The molecule has 6 heteroatoms. The van der Waals surface area contributed by atoms with Crippen molar-refractivity contribution in [1.82, 2.24) is 20.0 Å². The van der Waals surface area contributed by atoms with Crippen LogP contribution in [0.1, 0.15) is 28.6 Å². The lowest BCUT2D eigenvalue weighted by Gasteiger charge is -2.22. The number of nitrogens with zero attached hydrogens (tertiary/aromatic N) is 3. The Balaban J connectivity index is 1.72. The van der Waals surface area contributed by atoms with E-state index in [4.69, 9.17) is 4.52 Å². The van der Waals surface area contributed by atoms with Gasteiger partial charge in [-0.3, -0.25) is 0 Å². The summed E-state index contributed by atoms with van der Waals surface area (Å²) in [7, 11) is 0. The van der Waals surface area contributed by atoms with Crippen LogP contribution < -0.4 is 5.32 Å². The number of nitrogens with one attached hydrogen (secondary N) is 1. The lowest BCUT2D eigenvalue weighted by atomic mass is 10.0. The molecule has 0 amide bonds. The second kappa shape index (κ2) is 4.88. The zero-order valence-corrected chi connectivity index (χ0v) is 11.6. The molecular formula is C14H14N4OS. The molecule has 4 heterocycles. The van der Waals surface area contributed by atoms with Crippen LogP contribution in [0.15, 0.2) is 46.6 Å². The molecule has 1 aliphatic rings. The summed E-state index contributed by atoms with van der Waals surface area (Å²) in [6, 6.07) is 8.17. The lowest BCUT2D eigenvalue weighted by molar-refractivity contribution is 0.305. The monoisotopic (exact) mass is 286 g/mol. The summed E-state index contributed by atoms with van der Waals surface area (Å²) >= 11 is 1.71. The quantitative estimate of drug-likeness (QED) is 0.799. The van der Waals surface area contributed by atoms with Gasteiger partial charge in [0.1, 0.15) is 6.04 Å². The first kappa shape index (κ1) is 11.9. The number of rotatable bonds is 4. The highest BCUT2D eigenvalue weighted by Crippen LogP contribution is 2.29. The number of hydrogen-bond acceptors (Lipinski definition) is 5. The van der Waals surface area contributed by atoms with Gasteiger partial charge in [-0.2, -0.15) is 4.98 Å². The summed E-state index contributed by atoms with van der Waals surface area (Å²) < 4.78 is 7.55. The van der Waals surface area contributed by atoms with E-state index >= 15 is 0 Å². The van der Waals surface area contributed by atoms with E-state index in [2.05, 4.69) is 31.5 Å². The van der Waals surface area contributed by atoms with Crippen molar-refractivity contribution in [2.24, 2.45) is 0 Å². The Morgan fingerprint density at radius 1 is 1.30 bits per heavy atom. The van der Waals surface area contributed by atoms with E-state index in [0.717, 1.165) is 24.8 Å². The molecule has 20 heavy (non-hydrogen) atoms. The van der Waals surface area contributed by atoms with Crippen molar-refractivity contribution in [3.63, 3.8) is 0 Å². The van der Waals surface area contributed by atoms with Crippen LogP contribution in [0.2, 0.25) is 0 Å². The third-order valence-corrected chi connectivity index (χ3v) is 4.50. The van der Waals surface area contributed by atoms with Gasteiger partial charge in [0, 0.05) is 30.4 Å². The average molecular weight is 286 g/mol. The Morgan fingerprint density at radius 3 is 2.80 bits per heavy atom. The van der Waals surface area contributed by atoms with Crippen LogP contribution in [0.5, 0.6) is 0 Å². The molecule has 1 atom stereocenters. The highest BCUT2D eigenvalue weighted by Gasteiger charge is 2.28. The summed E-state index contributed by atoms with van der Waals surface area (Å²) in [4.78, 5) is 5.82. The topological polar surface area (TPSA) is 55.9 Å². The van der Waals surface area contributed by atoms with Crippen molar-refractivity contribution in [3.8, 4) is 0 Å². The molecule has 0 aliphatic carbocycles. The fourth-order valence-corrected chi connectivity index (χ4v) is 3.19. The molecule has 1 unspecified atom stereocenters. The third-order valence-electron chi connectivity index (χ3n) is 3.57. The minimum Gasteiger partial charge on any atom is -0.339 e. The second-order valence-electron chi connectivity index (χ2n) is 4.89. The van der Waals surface area contributed by atoms with E-state index in [1.807, 2.05) is 30.6 Å². The number of hydrogen-bond donors (Lipinski definition) is 1. The van der Waals surface area contributed by atoms with E-state index in [9.17, 15) is 0 Å². The van der Waals surface area contributed by atoms with E-state index in [-0.39, 0.29) is 6.04 Å². The minimum atomic E-state index is -0.00413. The molecule has 1 fully saturated rings. The van der Waals surface area contributed by atoms with Gasteiger partial charge in [0.15, 0.2) is 5.82 Å². The summed E-state index contributed by atoms with van der Waals surface area (Å²) in [5.41, 5.74) is 0. The lowest BCUT2D eigenvalue weighted by Crippen LogP contribution is -2.40. The Hall–Kier alpha value is -1.92. The van der Waals surface area contributed by atoms with Crippen LogP contribution in [0.3, 0.4) is 0 Å². The van der Waals surface area contributed by atoms with Gasteiger partial charge in [-0.15, -0.1) is 11.3 Å². The molecule has 0 aromatic carbocycles.